The molecule has 0 aliphatic carbocycles. The monoisotopic (exact) mass is 442 g/mol. The molecule has 2 fully saturated rings. The van der Waals surface area contributed by atoms with E-state index in [1.807, 2.05) is 0 Å². The predicted octanol–water partition coefficient (Wildman–Crippen LogP) is 2.10. The van der Waals surface area contributed by atoms with E-state index in [9.17, 15) is 19.2 Å². The van der Waals surface area contributed by atoms with Crippen LogP contribution in [0.4, 0.5) is 20.7 Å². The number of carbonyl (C=O) groups excluding carboxylic acids is 2. The molecule has 0 bridgehead atoms. The van der Waals surface area contributed by atoms with E-state index in [2.05, 4.69) is 16.5 Å². The fourth-order valence-corrected chi connectivity index (χ4v) is 3.80. The highest BCUT2D eigenvalue weighted by atomic mass is 19.1. The number of piperidine rings is 1. The van der Waals surface area contributed by atoms with Gasteiger partial charge < -0.3 is 25.4 Å². The van der Waals surface area contributed by atoms with Gasteiger partial charge in [0.05, 0.1) is 31.2 Å². The molecule has 168 valence electrons. The summed E-state index contributed by atoms with van der Waals surface area (Å²) in [5.74, 6) is -0.857. The average molecular weight is 442 g/mol. The van der Waals surface area contributed by atoms with Gasteiger partial charge in [0, 0.05) is 25.0 Å². The summed E-state index contributed by atoms with van der Waals surface area (Å²) >= 11 is 0. The van der Waals surface area contributed by atoms with E-state index < -0.39 is 17.5 Å². The first-order valence-corrected chi connectivity index (χ1v) is 10.2. The Balaban J connectivity index is 1.54. The first-order valence-electron chi connectivity index (χ1n) is 10.2. The number of amides is 2. The molecule has 0 spiro atoms. The SMILES string of the molecule is N#CCC1(n2cc(C(N)=O)c(Nc3ccc(F)cc3)n2)CCN(C(=O)OC2COC2)CC1. The number of hydrogen-bond donors (Lipinski definition) is 2. The molecule has 1 aromatic heterocycles. The molecule has 32 heavy (non-hydrogen) atoms. The first-order chi connectivity index (χ1) is 15.4. The molecular weight excluding hydrogens is 419 g/mol. The molecule has 11 heteroatoms. The molecule has 2 saturated heterocycles. The fraction of sp³-hybridized carbons (Fsp3) is 0.429. The minimum absolute atomic E-state index is 0.141. The van der Waals surface area contributed by atoms with Gasteiger partial charge in [0.25, 0.3) is 5.91 Å². The Morgan fingerprint density at radius 1 is 1.31 bits per heavy atom. The number of benzene rings is 1. The molecule has 4 rings (SSSR count). The molecule has 2 aromatic rings. The van der Waals surface area contributed by atoms with Gasteiger partial charge in [-0.05, 0) is 37.1 Å². The van der Waals surface area contributed by atoms with E-state index >= 15 is 0 Å². The zero-order valence-electron chi connectivity index (χ0n) is 17.3. The molecule has 0 radical (unpaired) electrons. The van der Waals surface area contributed by atoms with Crippen molar-refractivity contribution in [2.75, 3.05) is 31.6 Å². The van der Waals surface area contributed by atoms with Crippen LogP contribution in [0.5, 0.6) is 0 Å². The van der Waals surface area contributed by atoms with Crippen LogP contribution in [0.2, 0.25) is 0 Å². The van der Waals surface area contributed by atoms with Gasteiger partial charge >= 0.3 is 6.09 Å². The number of aromatic nitrogens is 2. The Kier molecular flexibility index (Phi) is 5.96. The second kappa shape index (κ2) is 8.84. The van der Waals surface area contributed by atoms with Gasteiger partial charge in [0.2, 0.25) is 0 Å². The topological polar surface area (TPSA) is 136 Å². The van der Waals surface area contributed by atoms with Crippen molar-refractivity contribution >= 4 is 23.5 Å². The van der Waals surface area contributed by atoms with E-state index in [4.69, 9.17) is 15.2 Å². The van der Waals surface area contributed by atoms with Crippen LogP contribution < -0.4 is 11.1 Å². The van der Waals surface area contributed by atoms with Crippen LogP contribution >= 0.6 is 0 Å². The van der Waals surface area contributed by atoms with Crippen LogP contribution in [0.1, 0.15) is 29.6 Å². The molecular formula is C21H23FN6O4. The van der Waals surface area contributed by atoms with Gasteiger partial charge in [-0.3, -0.25) is 9.48 Å². The summed E-state index contributed by atoms with van der Waals surface area (Å²) in [7, 11) is 0. The van der Waals surface area contributed by atoms with E-state index in [1.54, 1.807) is 9.58 Å². The molecule has 0 atom stereocenters. The fourth-order valence-electron chi connectivity index (χ4n) is 3.80. The molecule has 2 amide bonds. The number of hydrogen-bond acceptors (Lipinski definition) is 7. The van der Waals surface area contributed by atoms with Crippen LogP contribution in [0, 0.1) is 17.1 Å². The second-order valence-electron chi connectivity index (χ2n) is 7.92. The minimum atomic E-state index is -0.710. The number of halogens is 1. The summed E-state index contributed by atoms with van der Waals surface area (Å²) in [6.07, 6.45) is 1.95. The lowest BCUT2D eigenvalue weighted by Gasteiger charge is -2.41. The Labute approximate surface area is 183 Å². The predicted molar refractivity (Wildman–Crippen MR) is 111 cm³/mol. The second-order valence-corrected chi connectivity index (χ2v) is 7.92. The molecule has 1 aromatic carbocycles. The Bertz CT molecular complexity index is 1040. The van der Waals surface area contributed by atoms with Crippen molar-refractivity contribution in [1.29, 1.82) is 5.26 Å². The third kappa shape index (κ3) is 4.36. The van der Waals surface area contributed by atoms with Crippen molar-refractivity contribution in [3.05, 3.63) is 41.8 Å². The van der Waals surface area contributed by atoms with Gasteiger partial charge in [-0.2, -0.15) is 10.4 Å². The Morgan fingerprint density at radius 2 is 2.00 bits per heavy atom. The van der Waals surface area contributed by atoms with E-state index in [0.717, 1.165) is 0 Å². The number of nitrogens with two attached hydrogens (primary N) is 1. The number of likely N-dealkylation sites (tertiary alicyclic amines) is 1. The number of rotatable bonds is 6. The van der Waals surface area contributed by atoms with Gasteiger partial charge in [-0.15, -0.1) is 0 Å². The largest absolute Gasteiger partial charge is 0.441 e. The lowest BCUT2D eigenvalue weighted by Crippen LogP contribution is -2.50. The van der Waals surface area contributed by atoms with Crippen LogP contribution in [-0.4, -0.2) is 59.1 Å². The maximum Gasteiger partial charge on any atom is 0.410 e. The van der Waals surface area contributed by atoms with E-state index in [0.29, 0.717) is 44.8 Å². The number of anilines is 2. The highest BCUT2D eigenvalue weighted by Gasteiger charge is 2.40. The van der Waals surface area contributed by atoms with Crippen molar-refractivity contribution in [1.82, 2.24) is 14.7 Å². The van der Waals surface area contributed by atoms with Gasteiger partial charge in [-0.25, -0.2) is 9.18 Å². The van der Waals surface area contributed by atoms with Crippen LogP contribution in [0.15, 0.2) is 30.5 Å². The standard InChI is InChI=1S/C21H23FN6O4/c22-14-1-3-15(4-2-14)25-19-17(18(24)29)11-28(26-19)21(5-8-23)6-9-27(10-7-21)20(30)32-16-12-31-13-16/h1-4,11,16H,5-7,9-10,12-13H2,(H2,24,29)(H,25,26). The molecule has 2 aliphatic rings. The smallest absolute Gasteiger partial charge is 0.410 e. The number of ether oxygens (including phenoxy) is 2. The van der Waals surface area contributed by atoms with Gasteiger partial charge in [-0.1, -0.05) is 0 Å². The summed E-state index contributed by atoms with van der Waals surface area (Å²) in [5, 5.41) is 17.0. The number of nitrogens with one attached hydrogen (secondary N) is 1. The van der Waals surface area contributed by atoms with Crippen LogP contribution in [0.25, 0.3) is 0 Å². The van der Waals surface area contributed by atoms with E-state index in [-0.39, 0.29) is 29.7 Å². The minimum Gasteiger partial charge on any atom is -0.441 e. The van der Waals surface area contributed by atoms with Crippen molar-refractivity contribution in [3.8, 4) is 6.07 Å². The summed E-state index contributed by atoms with van der Waals surface area (Å²) in [4.78, 5) is 26.0. The molecule has 3 heterocycles. The summed E-state index contributed by atoms with van der Waals surface area (Å²) in [6.45, 7) is 1.57. The molecule has 3 N–H and O–H groups in total. The molecule has 10 nitrogen and oxygen atoms in total. The number of primary amides is 1. The summed E-state index contributed by atoms with van der Waals surface area (Å²) < 4.78 is 25.2. The lowest BCUT2D eigenvalue weighted by atomic mass is 9.85. The third-order valence-electron chi connectivity index (χ3n) is 5.81. The first kappa shape index (κ1) is 21.6. The zero-order chi connectivity index (χ0) is 22.7. The van der Waals surface area contributed by atoms with Gasteiger partial charge in [0.1, 0.15) is 11.4 Å². The van der Waals surface area contributed by atoms with Crippen molar-refractivity contribution < 1.29 is 23.5 Å². The van der Waals surface area contributed by atoms with E-state index in [1.165, 1.54) is 30.5 Å². The molecule has 0 unspecified atom stereocenters. The highest BCUT2D eigenvalue weighted by Crippen LogP contribution is 2.35. The average Bonchev–Trinajstić information content (AvgIpc) is 3.18. The van der Waals surface area contributed by atoms with Crippen molar-refractivity contribution in [3.63, 3.8) is 0 Å². The highest BCUT2D eigenvalue weighted by molar-refractivity contribution is 5.98. The number of nitriles is 1. The summed E-state index contributed by atoms with van der Waals surface area (Å²) in [6, 6.07) is 7.79. The Hall–Kier alpha value is -3.65. The van der Waals surface area contributed by atoms with Gasteiger partial charge in [0.15, 0.2) is 11.9 Å². The van der Waals surface area contributed by atoms with Crippen LogP contribution in [-0.2, 0) is 15.0 Å². The van der Waals surface area contributed by atoms with Crippen molar-refractivity contribution in [2.24, 2.45) is 5.73 Å². The van der Waals surface area contributed by atoms with Crippen LogP contribution in [0.3, 0.4) is 0 Å². The molecule has 2 aliphatic heterocycles. The maximum atomic E-state index is 13.2. The molecule has 0 saturated carbocycles. The summed E-state index contributed by atoms with van der Waals surface area (Å²) in [5.41, 5.74) is 5.52. The lowest BCUT2D eigenvalue weighted by molar-refractivity contribution is -0.106. The third-order valence-corrected chi connectivity index (χ3v) is 5.81. The van der Waals surface area contributed by atoms with Crippen molar-refractivity contribution in [2.45, 2.75) is 30.9 Å². The normalized spacial score (nSPS) is 17.8. The number of carbonyl (C=O) groups is 2. The number of nitrogens with zero attached hydrogens (tertiary/aromatic N) is 4. The zero-order valence-corrected chi connectivity index (χ0v) is 17.3. The quantitative estimate of drug-likeness (QED) is 0.699. The Morgan fingerprint density at radius 3 is 2.56 bits per heavy atom. The maximum absolute atomic E-state index is 13.2.